The molecule has 0 heterocycles. The summed E-state index contributed by atoms with van der Waals surface area (Å²) in [6, 6.07) is 20.9. The summed E-state index contributed by atoms with van der Waals surface area (Å²) in [6.07, 6.45) is 1.43. The largest absolute Gasteiger partial charge is 0.497 e. The fourth-order valence-corrected chi connectivity index (χ4v) is 4.18. The van der Waals surface area contributed by atoms with Crippen molar-refractivity contribution in [2.75, 3.05) is 27.8 Å². The topological polar surface area (TPSA) is 107 Å². The summed E-state index contributed by atoms with van der Waals surface area (Å²) >= 11 is 0. The molecule has 0 aliphatic heterocycles. The molecule has 3 rings (SSSR count). The first-order valence-electron chi connectivity index (χ1n) is 10.6. The number of hydrogen-bond donors (Lipinski definition) is 1. The van der Waals surface area contributed by atoms with Gasteiger partial charge in [-0.05, 0) is 53.6 Å². The number of methoxy groups -OCH3 is 2. The molecule has 9 nitrogen and oxygen atoms in total. The first kappa shape index (κ1) is 25.7. The third-order valence-corrected chi connectivity index (χ3v) is 6.78. The molecule has 0 aromatic heterocycles. The van der Waals surface area contributed by atoms with Gasteiger partial charge in [-0.2, -0.15) is 9.41 Å². The summed E-state index contributed by atoms with van der Waals surface area (Å²) in [5, 5.41) is 3.91. The van der Waals surface area contributed by atoms with Crippen LogP contribution in [0.3, 0.4) is 0 Å². The van der Waals surface area contributed by atoms with E-state index in [-0.39, 0.29) is 4.90 Å². The van der Waals surface area contributed by atoms with Gasteiger partial charge in [0, 0.05) is 7.05 Å². The Morgan fingerprint density at radius 2 is 1.69 bits per heavy atom. The van der Waals surface area contributed by atoms with Gasteiger partial charge in [0.15, 0.2) is 11.5 Å². The molecule has 0 bridgehead atoms. The first-order chi connectivity index (χ1) is 16.8. The van der Waals surface area contributed by atoms with Gasteiger partial charge < -0.3 is 14.2 Å². The Balaban J connectivity index is 1.56. The Hall–Kier alpha value is -3.89. The Kier molecular flexibility index (Phi) is 8.82. The molecule has 0 saturated heterocycles. The number of likely N-dealkylation sites (N-methyl/N-ethyl adjacent to an activating group) is 1. The van der Waals surface area contributed by atoms with Crippen LogP contribution in [-0.2, 0) is 21.4 Å². The van der Waals surface area contributed by atoms with Crippen LogP contribution in [0.5, 0.6) is 17.2 Å². The molecular weight excluding hydrogens is 470 g/mol. The van der Waals surface area contributed by atoms with Gasteiger partial charge in [-0.3, -0.25) is 4.79 Å². The van der Waals surface area contributed by atoms with Crippen LogP contribution in [0.4, 0.5) is 0 Å². The number of carbonyl (C=O) groups is 1. The third kappa shape index (κ3) is 7.05. The van der Waals surface area contributed by atoms with Crippen LogP contribution in [0.15, 0.2) is 82.8 Å². The van der Waals surface area contributed by atoms with Gasteiger partial charge in [0.2, 0.25) is 10.0 Å². The molecular formula is C25H27N3O6S. The number of hydrogen-bond acceptors (Lipinski definition) is 7. The van der Waals surface area contributed by atoms with Crippen LogP contribution in [0.2, 0.25) is 0 Å². The van der Waals surface area contributed by atoms with E-state index in [0.717, 1.165) is 9.87 Å². The van der Waals surface area contributed by atoms with Gasteiger partial charge in [0.25, 0.3) is 5.91 Å². The molecule has 184 valence electrons. The zero-order chi connectivity index (χ0) is 25.3. The Morgan fingerprint density at radius 1 is 0.971 bits per heavy atom. The Labute approximate surface area is 205 Å². The van der Waals surface area contributed by atoms with Crippen molar-refractivity contribution in [3.63, 3.8) is 0 Å². The molecule has 0 saturated carbocycles. The second-order valence-electron chi connectivity index (χ2n) is 7.41. The van der Waals surface area contributed by atoms with E-state index in [2.05, 4.69) is 10.5 Å². The van der Waals surface area contributed by atoms with Crippen LogP contribution >= 0.6 is 0 Å². The van der Waals surface area contributed by atoms with Gasteiger partial charge in [0.1, 0.15) is 12.4 Å². The molecule has 0 atom stereocenters. The quantitative estimate of drug-likeness (QED) is 0.322. The summed E-state index contributed by atoms with van der Waals surface area (Å²) in [4.78, 5) is 12.3. The molecule has 10 heteroatoms. The molecule has 0 aliphatic rings. The predicted molar refractivity (Wildman–Crippen MR) is 132 cm³/mol. The standard InChI is InChI=1S/C25H27N3O6S/c1-28(35(30,31)22-12-10-21(32-2)11-13-22)17-25(29)27-26-16-20-9-14-23(24(15-20)33-3)34-18-19-7-5-4-6-8-19/h4-16H,17-18H2,1-3H3,(H,27,29)/b26-16-. The summed E-state index contributed by atoms with van der Waals surface area (Å²) in [7, 11) is 0.505. The van der Waals surface area contributed by atoms with Crippen LogP contribution in [-0.4, -0.2) is 52.7 Å². The van der Waals surface area contributed by atoms with Crippen molar-refractivity contribution in [1.82, 2.24) is 9.73 Å². The van der Waals surface area contributed by atoms with Crippen molar-refractivity contribution in [1.29, 1.82) is 0 Å². The first-order valence-corrected chi connectivity index (χ1v) is 12.0. The van der Waals surface area contributed by atoms with Gasteiger partial charge in [-0.15, -0.1) is 0 Å². The molecule has 0 aliphatic carbocycles. The minimum atomic E-state index is -3.84. The number of sulfonamides is 1. The molecule has 1 N–H and O–H groups in total. The number of amides is 1. The highest BCUT2D eigenvalue weighted by Crippen LogP contribution is 2.28. The fraction of sp³-hybridized carbons (Fsp3) is 0.200. The van der Waals surface area contributed by atoms with E-state index in [1.165, 1.54) is 51.7 Å². The van der Waals surface area contributed by atoms with E-state index in [1.807, 2.05) is 30.3 Å². The maximum atomic E-state index is 12.6. The lowest BCUT2D eigenvalue weighted by molar-refractivity contribution is -0.121. The molecule has 35 heavy (non-hydrogen) atoms. The number of carbonyl (C=O) groups excluding carboxylic acids is 1. The molecule has 0 spiro atoms. The van der Waals surface area contributed by atoms with Crippen LogP contribution in [0.25, 0.3) is 0 Å². The lowest BCUT2D eigenvalue weighted by Crippen LogP contribution is -2.36. The summed E-state index contributed by atoms with van der Waals surface area (Å²) in [5.41, 5.74) is 4.03. The van der Waals surface area contributed by atoms with Crippen molar-refractivity contribution in [3.05, 3.63) is 83.9 Å². The SMILES string of the molecule is COc1ccc(S(=O)(=O)N(C)CC(=O)N/N=C\c2ccc(OCc3ccccc3)c(OC)c2)cc1. The van der Waals surface area contributed by atoms with E-state index >= 15 is 0 Å². The summed E-state index contributed by atoms with van der Waals surface area (Å²) in [5.74, 6) is 1.03. The highest BCUT2D eigenvalue weighted by molar-refractivity contribution is 7.89. The smallest absolute Gasteiger partial charge is 0.255 e. The third-order valence-electron chi connectivity index (χ3n) is 4.96. The fourth-order valence-electron chi connectivity index (χ4n) is 3.05. The monoisotopic (exact) mass is 497 g/mol. The molecule has 0 radical (unpaired) electrons. The normalized spacial score (nSPS) is 11.4. The highest BCUT2D eigenvalue weighted by Gasteiger charge is 2.22. The van der Waals surface area contributed by atoms with E-state index in [0.29, 0.717) is 29.4 Å². The second-order valence-corrected chi connectivity index (χ2v) is 9.46. The number of benzene rings is 3. The maximum absolute atomic E-state index is 12.6. The average Bonchev–Trinajstić information content (AvgIpc) is 2.88. The number of nitrogens with zero attached hydrogens (tertiary/aromatic N) is 2. The van der Waals surface area contributed by atoms with Crippen LogP contribution < -0.4 is 19.6 Å². The average molecular weight is 498 g/mol. The van der Waals surface area contributed by atoms with Gasteiger partial charge in [0.05, 0.1) is 31.9 Å². The maximum Gasteiger partial charge on any atom is 0.255 e. The molecule has 0 unspecified atom stereocenters. The zero-order valence-corrected chi connectivity index (χ0v) is 20.5. The summed E-state index contributed by atoms with van der Waals surface area (Å²) < 4.78 is 42.5. The van der Waals surface area contributed by atoms with Crippen LogP contribution in [0.1, 0.15) is 11.1 Å². The van der Waals surface area contributed by atoms with Crippen molar-refractivity contribution >= 4 is 22.1 Å². The van der Waals surface area contributed by atoms with Gasteiger partial charge in [-0.1, -0.05) is 30.3 Å². The minimum Gasteiger partial charge on any atom is -0.497 e. The van der Waals surface area contributed by atoms with Crippen molar-refractivity contribution in [2.24, 2.45) is 5.10 Å². The Morgan fingerprint density at radius 3 is 2.34 bits per heavy atom. The van der Waals surface area contributed by atoms with E-state index in [1.54, 1.807) is 18.2 Å². The lowest BCUT2D eigenvalue weighted by atomic mass is 10.2. The molecule has 1 amide bonds. The second kappa shape index (κ2) is 12.0. The van der Waals surface area contributed by atoms with Crippen LogP contribution in [0, 0.1) is 0 Å². The Bertz CT molecular complexity index is 1260. The van der Waals surface area contributed by atoms with E-state index in [9.17, 15) is 13.2 Å². The molecule has 3 aromatic rings. The van der Waals surface area contributed by atoms with Crippen molar-refractivity contribution in [3.8, 4) is 17.2 Å². The zero-order valence-electron chi connectivity index (χ0n) is 19.7. The van der Waals surface area contributed by atoms with E-state index < -0.39 is 22.5 Å². The number of nitrogens with one attached hydrogen (secondary N) is 1. The van der Waals surface area contributed by atoms with Gasteiger partial charge >= 0.3 is 0 Å². The molecule has 0 fully saturated rings. The van der Waals surface area contributed by atoms with Crippen molar-refractivity contribution < 1.29 is 27.4 Å². The number of rotatable bonds is 11. The molecule has 3 aromatic carbocycles. The summed E-state index contributed by atoms with van der Waals surface area (Å²) in [6.45, 7) is -0.00503. The minimum absolute atomic E-state index is 0.0544. The lowest BCUT2D eigenvalue weighted by Gasteiger charge is -2.16. The number of hydrazone groups is 1. The van der Waals surface area contributed by atoms with E-state index in [4.69, 9.17) is 14.2 Å². The highest BCUT2D eigenvalue weighted by atomic mass is 32.2. The van der Waals surface area contributed by atoms with Crippen molar-refractivity contribution in [2.45, 2.75) is 11.5 Å². The predicted octanol–water partition coefficient (Wildman–Crippen LogP) is 3.05. The van der Waals surface area contributed by atoms with Gasteiger partial charge in [-0.25, -0.2) is 13.8 Å². The number of ether oxygens (including phenoxy) is 3.